The van der Waals surface area contributed by atoms with Gasteiger partial charge in [-0.3, -0.25) is 0 Å². The van der Waals surface area contributed by atoms with E-state index in [4.69, 9.17) is 15.5 Å². The highest BCUT2D eigenvalue weighted by Gasteiger charge is 2.04. The molecule has 1 aromatic heterocycles. The summed E-state index contributed by atoms with van der Waals surface area (Å²) < 4.78 is 4.95. The van der Waals surface area contributed by atoms with Crippen molar-refractivity contribution in [3.05, 3.63) is 35.5 Å². The van der Waals surface area contributed by atoms with Gasteiger partial charge < -0.3 is 15.6 Å². The van der Waals surface area contributed by atoms with Gasteiger partial charge in [0.05, 0.1) is 29.6 Å². The summed E-state index contributed by atoms with van der Waals surface area (Å²) in [7, 11) is 0. The Balaban J connectivity index is 2.11. The SMILES string of the molecule is Cc1noc(CNc2cc(C#N)ccc2N)n1. The van der Waals surface area contributed by atoms with E-state index in [2.05, 4.69) is 15.5 Å². The Bertz CT molecular complexity index is 569. The zero-order valence-corrected chi connectivity index (χ0v) is 9.27. The van der Waals surface area contributed by atoms with Gasteiger partial charge in [0.25, 0.3) is 0 Å². The minimum Gasteiger partial charge on any atom is -0.397 e. The van der Waals surface area contributed by atoms with E-state index in [-0.39, 0.29) is 0 Å². The van der Waals surface area contributed by atoms with Gasteiger partial charge in [-0.05, 0) is 25.1 Å². The van der Waals surface area contributed by atoms with E-state index < -0.39 is 0 Å². The molecule has 86 valence electrons. The average molecular weight is 229 g/mol. The molecule has 0 aliphatic heterocycles. The molecule has 0 bridgehead atoms. The first-order valence-corrected chi connectivity index (χ1v) is 5.01. The van der Waals surface area contributed by atoms with Crippen LogP contribution < -0.4 is 11.1 Å². The molecule has 0 unspecified atom stereocenters. The molecule has 0 fully saturated rings. The first-order chi connectivity index (χ1) is 8.19. The number of nitrogens with zero attached hydrogens (tertiary/aromatic N) is 3. The van der Waals surface area contributed by atoms with Crippen molar-refractivity contribution in [2.24, 2.45) is 0 Å². The number of hydrogen-bond acceptors (Lipinski definition) is 6. The maximum absolute atomic E-state index is 8.78. The van der Waals surface area contributed by atoms with E-state index in [9.17, 15) is 0 Å². The van der Waals surface area contributed by atoms with Crippen molar-refractivity contribution in [1.82, 2.24) is 10.1 Å². The molecule has 1 heterocycles. The summed E-state index contributed by atoms with van der Waals surface area (Å²) in [4.78, 5) is 4.05. The second-order valence-corrected chi connectivity index (χ2v) is 3.50. The minimum atomic E-state index is 0.375. The van der Waals surface area contributed by atoms with Crippen LogP contribution in [0.1, 0.15) is 17.3 Å². The lowest BCUT2D eigenvalue weighted by atomic mass is 10.2. The standard InChI is InChI=1S/C11H11N5O/c1-7-15-11(17-16-7)6-14-10-4-8(5-12)2-3-9(10)13/h2-4,14H,6,13H2,1H3. The van der Waals surface area contributed by atoms with Crippen molar-refractivity contribution in [3.63, 3.8) is 0 Å². The topological polar surface area (TPSA) is 101 Å². The van der Waals surface area contributed by atoms with Crippen LogP contribution in [0.3, 0.4) is 0 Å². The average Bonchev–Trinajstić information content (AvgIpc) is 2.74. The molecule has 0 amide bonds. The molecule has 0 saturated heterocycles. The molecule has 0 atom stereocenters. The first-order valence-electron chi connectivity index (χ1n) is 5.01. The fourth-order valence-corrected chi connectivity index (χ4v) is 1.36. The summed E-state index contributed by atoms with van der Waals surface area (Å²) in [6.07, 6.45) is 0. The Hall–Kier alpha value is -2.55. The number of nitrogens with two attached hydrogens (primary N) is 1. The second kappa shape index (κ2) is 4.53. The van der Waals surface area contributed by atoms with Gasteiger partial charge in [0.1, 0.15) is 0 Å². The molecule has 2 aromatic rings. The zero-order chi connectivity index (χ0) is 12.3. The van der Waals surface area contributed by atoms with Crippen molar-refractivity contribution < 1.29 is 4.52 Å². The van der Waals surface area contributed by atoms with Gasteiger partial charge in [-0.15, -0.1) is 0 Å². The number of rotatable bonds is 3. The van der Waals surface area contributed by atoms with Gasteiger partial charge in [0.2, 0.25) is 5.89 Å². The second-order valence-electron chi connectivity index (χ2n) is 3.50. The normalized spacial score (nSPS) is 9.88. The van der Waals surface area contributed by atoms with Crippen LogP contribution in [0, 0.1) is 18.3 Å². The number of benzene rings is 1. The van der Waals surface area contributed by atoms with E-state index in [1.807, 2.05) is 6.07 Å². The van der Waals surface area contributed by atoms with Gasteiger partial charge in [0, 0.05) is 0 Å². The third-order valence-corrected chi connectivity index (χ3v) is 2.18. The van der Waals surface area contributed by atoms with Gasteiger partial charge in [0.15, 0.2) is 5.82 Å². The summed E-state index contributed by atoms with van der Waals surface area (Å²) in [5, 5.41) is 15.5. The van der Waals surface area contributed by atoms with E-state index in [1.165, 1.54) is 0 Å². The molecule has 0 radical (unpaired) electrons. The number of aryl methyl sites for hydroxylation is 1. The van der Waals surface area contributed by atoms with Crippen LogP contribution in [0.15, 0.2) is 22.7 Å². The van der Waals surface area contributed by atoms with Crippen LogP contribution in [0.25, 0.3) is 0 Å². The summed E-state index contributed by atoms with van der Waals surface area (Å²) in [6.45, 7) is 2.12. The fraction of sp³-hybridized carbons (Fsp3) is 0.182. The van der Waals surface area contributed by atoms with E-state index in [0.29, 0.717) is 35.2 Å². The van der Waals surface area contributed by atoms with Crippen LogP contribution in [0.4, 0.5) is 11.4 Å². The van der Waals surface area contributed by atoms with Crippen molar-refractivity contribution in [3.8, 4) is 6.07 Å². The Kier molecular flexibility index (Phi) is 2.92. The van der Waals surface area contributed by atoms with Gasteiger partial charge >= 0.3 is 0 Å². The molecule has 0 aliphatic rings. The third kappa shape index (κ3) is 2.52. The van der Waals surface area contributed by atoms with E-state index >= 15 is 0 Å². The first kappa shape index (κ1) is 11.0. The lowest BCUT2D eigenvalue weighted by Crippen LogP contribution is -2.03. The summed E-state index contributed by atoms with van der Waals surface area (Å²) >= 11 is 0. The van der Waals surface area contributed by atoms with Crippen LogP contribution in [0.2, 0.25) is 0 Å². The summed E-state index contributed by atoms with van der Waals surface area (Å²) in [5.41, 5.74) is 7.57. The highest BCUT2D eigenvalue weighted by atomic mass is 16.5. The maximum atomic E-state index is 8.78. The lowest BCUT2D eigenvalue weighted by molar-refractivity contribution is 0.379. The quantitative estimate of drug-likeness (QED) is 0.772. The van der Waals surface area contributed by atoms with Crippen LogP contribution in [-0.2, 0) is 6.54 Å². The van der Waals surface area contributed by atoms with Crippen molar-refractivity contribution in [2.75, 3.05) is 11.1 Å². The molecule has 0 saturated carbocycles. The molecule has 0 aliphatic carbocycles. The molecule has 6 nitrogen and oxygen atoms in total. The lowest BCUT2D eigenvalue weighted by Gasteiger charge is -2.06. The molecular weight excluding hydrogens is 218 g/mol. The smallest absolute Gasteiger partial charge is 0.245 e. The summed E-state index contributed by atoms with van der Waals surface area (Å²) in [5.74, 6) is 1.06. The molecule has 2 rings (SSSR count). The third-order valence-electron chi connectivity index (χ3n) is 2.18. The van der Waals surface area contributed by atoms with Gasteiger partial charge in [-0.2, -0.15) is 10.2 Å². The number of hydrogen-bond donors (Lipinski definition) is 2. The van der Waals surface area contributed by atoms with Crippen LogP contribution in [-0.4, -0.2) is 10.1 Å². The van der Waals surface area contributed by atoms with Crippen LogP contribution >= 0.6 is 0 Å². The molecule has 3 N–H and O–H groups in total. The Morgan fingerprint density at radius 1 is 1.53 bits per heavy atom. The van der Waals surface area contributed by atoms with Crippen molar-refractivity contribution in [2.45, 2.75) is 13.5 Å². The highest BCUT2D eigenvalue weighted by molar-refractivity contribution is 5.68. The monoisotopic (exact) mass is 229 g/mol. The van der Waals surface area contributed by atoms with Crippen molar-refractivity contribution in [1.29, 1.82) is 5.26 Å². The molecule has 0 spiro atoms. The highest BCUT2D eigenvalue weighted by Crippen LogP contribution is 2.20. The number of nitrogen functional groups attached to an aromatic ring is 1. The van der Waals surface area contributed by atoms with Crippen LogP contribution in [0.5, 0.6) is 0 Å². The predicted octanol–water partition coefficient (Wildman–Crippen LogP) is 1.44. The number of anilines is 2. The number of nitriles is 1. The van der Waals surface area contributed by atoms with Gasteiger partial charge in [-0.25, -0.2) is 0 Å². The Morgan fingerprint density at radius 2 is 2.35 bits per heavy atom. The molecular formula is C11H11N5O. The predicted molar refractivity (Wildman–Crippen MR) is 61.9 cm³/mol. The molecule has 1 aromatic carbocycles. The Labute approximate surface area is 98.1 Å². The summed E-state index contributed by atoms with van der Waals surface area (Å²) in [6, 6.07) is 7.07. The minimum absolute atomic E-state index is 0.375. The maximum Gasteiger partial charge on any atom is 0.245 e. The molecule has 17 heavy (non-hydrogen) atoms. The zero-order valence-electron chi connectivity index (χ0n) is 9.27. The fourth-order valence-electron chi connectivity index (χ4n) is 1.36. The van der Waals surface area contributed by atoms with E-state index in [1.54, 1.807) is 25.1 Å². The van der Waals surface area contributed by atoms with Gasteiger partial charge in [-0.1, -0.05) is 5.16 Å². The number of aromatic nitrogens is 2. The Morgan fingerprint density at radius 3 is 3.00 bits per heavy atom. The largest absolute Gasteiger partial charge is 0.397 e. The number of nitrogens with one attached hydrogen (secondary N) is 1. The van der Waals surface area contributed by atoms with Crippen molar-refractivity contribution >= 4 is 11.4 Å². The van der Waals surface area contributed by atoms with E-state index in [0.717, 1.165) is 0 Å². The molecule has 6 heteroatoms.